The number of hydrazone groups is 1. The first-order valence-corrected chi connectivity index (χ1v) is 5.81. The number of hydrogen-bond acceptors (Lipinski definition) is 7. The Bertz CT molecular complexity index is 663. The van der Waals surface area contributed by atoms with E-state index in [0.29, 0.717) is 5.69 Å². The predicted octanol–water partition coefficient (Wildman–Crippen LogP) is -1.04. The molecule has 22 heavy (non-hydrogen) atoms. The summed E-state index contributed by atoms with van der Waals surface area (Å²) < 4.78 is 0. The molecule has 0 aromatic heterocycles. The number of carbonyl (C=O) groups excluding carboxylic acids is 2. The summed E-state index contributed by atoms with van der Waals surface area (Å²) in [7, 11) is 0. The van der Waals surface area contributed by atoms with Crippen LogP contribution >= 0.6 is 0 Å². The number of carboxylic acid groups (broad SMARTS) is 1. The number of benzene rings is 1. The van der Waals surface area contributed by atoms with Crippen LogP contribution in [0.5, 0.6) is 0 Å². The van der Waals surface area contributed by atoms with Gasteiger partial charge in [0, 0.05) is 4.92 Å². The zero-order valence-electron chi connectivity index (χ0n) is 10.8. The van der Waals surface area contributed by atoms with Gasteiger partial charge in [0.2, 0.25) is 5.96 Å². The first-order chi connectivity index (χ1) is 10.4. The molecule has 1 saturated heterocycles. The summed E-state index contributed by atoms with van der Waals surface area (Å²) >= 11 is 0. The fraction of sp³-hybridized carbons (Fsp3) is 0.0909. The fourth-order valence-corrected chi connectivity index (χ4v) is 1.58. The van der Waals surface area contributed by atoms with Crippen LogP contribution in [0.3, 0.4) is 0 Å². The summed E-state index contributed by atoms with van der Waals surface area (Å²) in [5.74, 6) is -3.59. The number of nitrogens with one attached hydrogen (secondary N) is 3. The van der Waals surface area contributed by atoms with E-state index in [0.717, 1.165) is 0 Å². The maximum atomic E-state index is 11.4. The van der Waals surface area contributed by atoms with Gasteiger partial charge >= 0.3 is 23.8 Å². The highest BCUT2D eigenvalue weighted by Gasteiger charge is 2.43. The molecule has 4 N–H and O–H groups in total. The van der Waals surface area contributed by atoms with Crippen LogP contribution in [0.15, 0.2) is 29.4 Å². The number of nitro groups is 1. The third kappa shape index (κ3) is 3.15. The second-order valence-electron chi connectivity index (χ2n) is 4.12. The Labute approximate surface area is 122 Å². The van der Waals surface area contributed by atoms with Gasteiger partial charge in [0.15, 0.2) is 0 Å². The van der Waals surface area contributed by atoms with E-state index >= 15 is 0 Å². The molecule has 0 radical (unpaired) electrons. The lowest BCUT2D eigenvalue weighted by molar-refractivity contribution is -0.494. The average Bonchev–Trinajstić information content (AvgIpc) is 2.44. The van der Waals surface area contributed by atoms with Gasteiger partial charge in [-0.1, -0.05) is 0 Å². The average molecular weight is 307 g/mol. The van der Waals surface area contributed by atoms with E-state index in [2.05, 4.69) is 21.2 Å². The summed E-state index contributed by atoms with van der Waals surface area (Å²) in [5.41, 5.74) is 2.92. The minimum atomic E-state index is -2.02. The zero-order chi connectivity index (χ0) is 16.3. The highest BCUT2D eigenvalue weighted by atomic mass is 16.6. The Morgan fingerprint density at radius 3 is 2.23 bits per heavy atom. The second kappa shape index (κ2) is 5.87. The van der Waals surface area contributed by atoms with Crippen molar-refractivity contribution in [2.45, 2.75) is 6.04 Å². The van der Waals surface area contributed by atoms with Crippen LogP contribution in [-0.2, 0) is 9.59 Å². The van der Waals surface area contributed by atoms with Gasteiger partial charge in [-0.05, 0) is 24.3 Å². The molecule has 0 aliphatic carbocycles. The summed E-state index contributed by atoms with van der Waals surface area (Å²) in [6, 6.07) is 3.46. The van der Waals surface area contributed by atoms with Crippen molar-refractivity contribution < 1.29 is 24.4 Å². The lowest BCUT2D eigenvalue weighted by Crippen LogP contribution is -2.62. The molecule has 2 amide bonds. The van der Waals surface area contributed by atoms with E-state index in [1.165, 1.54) is 24.3 Å². The zero-order valence-corrected chi connectivity index (χ0v) is 10.8. The van der Waals surface area contributed by atoms with Crippen molar-refractivity contribution in [1.29, 1.82) is 0 Å². The highest BCUT2D eigenvalue weighted by molar-refractivity contribution is 6.19. The van der Waals surface area contributed by atoms with E-state index in [1.54, 1.807) is 0 Å². The summed E-state index contributed by atoms with van der Waals surface area (Å²) in [6.07, 6.45) is 0. The number of hydrogen-bond donors (Lipinski definition) is 4. The molecule has 11 nitrogen and oxygen atoms in total. The molecule has 1 heterocycles. The number of rotatable bonds is 4. The minimum Gasteiger partial charge on any atom is -0.478 e. The number of guanidine groups is 1. The minimum absolute atomic E-state index is 0.0753. The Morgan fingerprint density at radius 1 is 1.23 bits per heavy atom. The van der Waals surface area contributed by atoms with Gasteiger partial charge in [-0.3, -0.25) is 35.8 Å². The molecular formula is C11H9N5O6. The Morgan fingerprint density at radius 2 is 1.77 bits per heavy atom. The van der Waals surface area contributed by atoms with Crippen molar-refractivity contribution in [1.82, 2.24) is 10.6 Å². The molecule has 1 fully saturated rings. The number of nitrogens with zero attached hydrogens (tertiary/aromatic N) is 2. The van der Waals surface area contributed by atoms with Crippen LogP contribution in [0.25, 0.3) is 0 Å². The maximum Gasteiger partial charge on any atom is 0.366 e. The summed E-state index contributed by atoms with van der Waals surface area (Å²) in [5, 5.41) is 27.0. The van der Waals surface area contributed by atoms with Crippen LogP contribution < -0.4 is 16.1 Å². The molecule has 2 rings (SSSR count). The summed E-state index contributed by atoms with van der Waals surface area (Å²) in [4.78, 5) is 43.0. The van der Waals surface area contributed by atoms with Gasteiger partial charge in [0.1, 0.15) is 0 Å². The third-order valence-corrected chi connectivity index (χ3v) is 2.62. The van der Waals surface area contributed by atoms with Crippen molar-refractivity contribution in [3.8, 4) is 0 Å². The third-order valence-electron chi connectivity index (χ3n) is 2.62. The molecule has 114 valence electrons. The normalized spacial score (nSPS) is 17.3. The molecule has 0 spiro atoms. The molecule has 0 unspecified atom stereocenters. The lowest BCUT2D eigenvalue weighted by Gasteiger charge is -2.17. The van der Waals surface area contributed by atoms with Crippen molar-refractivity contribution in [2.75, 3.05) is 5.43 Å². The monoisotopic (exact) mass is 307 g/mol. The maximum absolute atomic E-state index is 11.4. The van der Waals surface area contributed by atoms with Crippen LogP contribution in [-0.4, -0.2) is 39.8 Å². The number of aromatic carboxylic acids is 1. The molecule has 1 aliphatic rings. The number of carbonyl (C=O) groups is 3. The number of anilines is 1. The van der Waals surface area contributed by atoms with Crippen molar-refractivity contribution in [3.05, 3.63) is 39.9 Å². The number of amides is 2. The fourth-order valence-electron chi connectivity index (χ4n) is 1.58. The van der Waals surface area contributed by atoms with Crippen molar-refractivity contribution in [3.63, 3.8) is 0 Å². The Balaban J connectivity index is 2.05. The Kier molecular flexibility index (Phi) is 3.97. The van der Waals surface area contributed by atoms with E-state index in [-0.39, 0.29) is 11.5 Å². The predicted molar refractivity (Wildman–Crippen MR) is 71.5 cm³/mol. The van der Waals surface area contributed by atoms with Gasteiger partial charge in [-0.2, -0.15) is 0 Å². The van der Waals surface area contributed by atoms with Crippen molar-refractivity contribution >= 4 is 29.4 Å². The smallest absolute Gasteiger partial charge is 0.366 e. The van der Waals surface area contributed by atoms with Crippen LogP contribution in [0.1, 0.15) is 10.4 Å². The molecule has 0 saturated carbocycles. The molecule has 11 heteroatoms. The molecule has 0 atom stereocenters. The SMILES string of the molecule is O=C(O)c1ccc(NN=C2NC(=O)C([N+](=O)[O-])C(=O)N2)cc1. The first kappa shape index (κ1) is 14.9. The van der Waals surface area contributed by atoms with Gasteiger partial charge in [0.25, 0.3) is 0 Å². The summed E-state index contributed by atoms with van der Waals surface area (Å²) in [6.45, 7) is 0. The Hall–Kier alpha value is -3.50. The largest absolute Gasteiger partial charge is 0.478 e. The molecule has 1 aromatic rings. The second-order valence-corrected chi connectivity index (χ2v) is 4.12. The van der Waals surface area contributed by atoms with Gasteiger partial charge < -0.3 is 5.11 Å². The molecule has 0 bridgehead atoms. The van der Waals surface area contributed by atoms with E-state index < -0.39 is 28.7 Å². The van der Waals surface area contributed by atoms with Crippen LogP contribution in [0.4, 0.5) is 5.69 Å². The highest BCUT2D eigenvalue weighted by Crippen LogP contribution is 2.09. The lowest BCUT2D eigenvalue weighted by atomic mass is 10.2. The van der Waals surface area contributed by atoms with Gasteiger partial charge in [-0.15, -0.1) is 5.10 Å². The van der Waals surface area contributed by atoms with E-state index in [1.807, 2.05) is 0 Å². The van der Waals surface area contributed by atoms with E-state index in [9.17, 15) is 24.5 Å². The van der Waals surface area contributed by atoms with Crippen LogP contribution in [0.2, 0.25) is 0 Å². The van der Waals surface area contributed by atoms with Gasteiger partial charge in [-0.25, -0.2) is 4.79 Å². The van der Waals surface area contributed by atoms with Crippen molar-refractivity contribution in [2.24, 2.45) is 5.10 Å². The molecule has 1 aliphatic heterocycles. The molecular weight excluding hydrogens is 298 g/mol. The van der Waals surface area contributed by atoms with Gasteiger partial charge in [0.05, 0.1) is 11.3 Å². The topological polar surface area (TPSA) is 163 Å². The molecule has 1 aromatic carbocycles. The first-order valence-electron chi connectivity index (χ1n) is 5.81. The number of carboxylic acids is 1. The quantitative estimate of drug-likeness (QED) is 0.313. The van der Waals surface area contributed by atoms with E-state index in [4.69, 9.17) is 5.11 Å². The standard InChI is InChI=1S/C11H9N5O6/c17-8-7(16(21)22)9(18)13-11(12-8)15-14-6-3-1-5(2-4-6)10(19)20/h1-4,7,14H,(H,19,20)(H2,12,13,15,17,18). The van der Waals surface area contributed by atoms with Crippen LogP contribution in [0, 0.1) is 10.1 Å².